The van der Waals surface area contributed by atoms with Crippen LogP contribution in [0.1, 0.15) is 36.9 Å². The predicted octanol–water partition coefficient (Wildman–Crippen LogP) is 2.41. The Balaban J connectivity index is 2.07. The van der Waals surface area contributed by atoms with Gasteiger partial charge in [0.15, 0.2) is 11.4 Å². The second kappa shape index (κ2) is 4.77. The van der Waals surface area contributed by atoms with Gasteiger partial charge in [-0.15, -0.1) is 0 Å². The van der Waals surface area contributed by atoms with E-state index in [2.05, 4.69) is 15.1 Å². The molecule has 0 radical (unpaired) electrons. The van der Waals surface area contributed by atoms with E-state index in [0.29, 0.717) is 40.0 Å². The highest BCUT2D eigenvalue weighted by molar-refractivity contribution is 5.97. The maximum atomic E-state index is 12.2. The van der Waals surface area contributed by atoms with Crippen molar-refractivity contribution in [2.45, 2.75) is 26.7 Å². The summed E-state index contributed by atoms with van der Waals surface area (Å²) in [7, 11) is 0. The van der Waals surface area contributed by atoms with Crippen molar-refractivity contribution >= 4 is 11.4 Å². The number of hydrogen-bond donors (Lipinski definition) is 0. The van der Waals surface area contributed by atoms with Crippen LogP contribution in [0.25, 0.3) is 5.65 Å². The number of ketones is 1. The molecular weight excluding hydrogens is 296 g/mol. The van der Waals surface area contributed by atoms with Crippen molar-refractivity contribution in [3.8, 4) is 5.88 Å². The lowest BCUT2D eigenvalue weighted by Crippen LogP contribution is -2.21. The minimum absolute atomic E-state index is 0.0761. The summed E-state index contributed by atoms with van der Waals surface area (Å²) in [4.78, 5) is 21.0. The third-order valence-electron chi connectivity index (χ3n) is 3.91. The van der Waals surface area contributed by atoms with Gasteiger partial charge in [-0.05, 0) is 32.9 Å². The first-order valence-corrected chi connectivity index (χ1v) is 7.21. The molecule has 23 heavy (non-hydrogen) atoms. The smallest absolute Gasteiger partial charge is 0.228 e. The minimum Gasteiger partial charge on any atom is -0.468 e. The zero-order valence-electron chi connectivity index (χ0n) is 12.9. The van der Waals surface area contributed by atoms with Crippen LogP contribution in [0.5, 0.6) is 5.88 Å². The average molecular weight is 310 g/mol. The van der Waals surface area contributed by atoms with Gasteiger partial charge in [-0.3, -0.25) is 4.79 Å². The molecule has 0 fully saturated rings. The van der Waals surface area contributed by atoms with Crippen molar-refractivity contribution < 1.29 is 13.9 Å². The molecule has 0 aliphatic carbocycles. The summed E-state index contributed by atoms with van der Waals surface area (Å²) < 4.78 is 13.0. The molecule has 7 heteroatoms. The summed E-state index contributed by atoms with van der Waals surface area (Å²) in [5.41, 5.74) is 1.85. The van der Waals surface area contributed by atoms with Crippen molar-refractivity contribution in [2.24, 2.45) is 0 Å². The van der Waals surface area contributed by atoms with E-state index in [1.165, 1.54) is 6.92 Å². The number of carbonyl (C=O) groups is 1. The molecule has 0 saturated heterocycles. The lowest BCUT2D eigenvalue weighted by atomic mass is 9.85. The van der Waals surface area contributed by atoms with E-state index in [1.54, 1.807) is 37.0 Å². The first kappa shape index (κ1) is 13.7. The van der Waals surface area contributed by atoms with Crippen molar-refractivity contribution in [3.05, 3.63) is 53.2 Å². The highest BCUT2D eigenvalue weighted by atomic mass is 16.5. The number of hydrogen-bond acceptors (Lipinski definition) is 6. The molecular formula is C16H14N4O3. The molecule has 0 amide bonds. The number of allylic oxidation sites excluding steroid dienone is 2. The van der Waals surface area contributed by atoms with Gasteiger partial charge in [-0.25, -0.2) is 14.5 Å². The maximum Gasteiger partial charge on any atom is 0.228 e. The number of aromatic nitrogens is 4. The Hall–Kier alpha value is -2.96. The molecule has 4 heterocycles. The first-order valence-electron chi connectivity index (χ1n) is 7.21. The Labute approximate surface area is 131 Å². The molecule has 116 valence electrons. The molecule has 3 aromatic heterocycles. The summed E-state index contributed by atoms with van der Waals surface area (Å²) in [6, 6.07) is 3.63. The second-order valence-electron chi connectivity index (χ2n) is 5.47. The number of ether oxygens (including phenoxy) is 1. The molecule has 0 aromatic carbocycles. The van der Waals surface area contributed by atoms with E-state index in [-0.39, 0.29) is 5.78 Å². The van der Waals surface area contributed by atoms with Crippen LogP contribution in [0.15, 0.2) is 40.5 Å². The molecule has 0 saturated carbocycles. The van der Waals surface area contributed by atoms with E-state index in [9.17, 15) is 4.79 Å². The fraction of sp³-hybridized carbons (Fsp3) is 0.250. The molecule has 1 aliphatic heterocycles. The van der Waals surface area contributed by atoms with Gasteiger partial charge in [0.2, 0.25) is 5.88 Å². The van der Waals surface area contributed by atoms with Crippen molar-refractivity contribution in [2.75, 3.05) is 0 Å². The Bertz CT molecular complexity index is 953. The Morgan fingerprint density at radius 2 is 2.17 bits per heavy atom. The molecule has 0 bridgehead atoms. The number of nitrogens with zero attached hydrogens (tertiary/aromatic N) is 4. The normalized spacial score (nSPS) is 17.3. The van der Waals surface area contributed by atoms with Crippen molar-refractivity contribution in [1.29, 1.82) is 0 Å². The first-order chi connectivity index (χ1) is 11.1. The van der Waals surface area contributed by atoms with Gasteiger partial charge >= 0.3 is 0 Å². The number of rotatable bonds is 2. The molecule has 1 aliphatic rings. The van der Waals surface area contributed by atoms with E-state index in [1.807, 2.05) is 6.07 Å². The largest absolute Gasteiger partial charge is 0.468 e. The Kier molecular flexibility index (Phi) is 2.84. The quantitative estimate of drug-likeness (QED) is 0.723. The van der Waals surface area contributed by atoms with Gasteiger partial charge in [-0.2, -0.15) is 5.10 Å². The van der Waals surface area contributed by atoms with E-state index in [0.717, 1.165) is 0 Å². The lowest BCUT2D eigenvalue weighted by molar-refractivity contribution is -0.114. The van der Waals surface area contributed by atoms with Gasteiger partial charge in [0.1, 0.15) is 23.7 Å². The zero-order chi connectivity index (χ0) is 16.1. The summed E-state index contributed by atoms with van der Waals surface area (Å²) in [5.74, 6) is 1.73. The third kappa shape index (κ3) is 1.97. The van der Waals surface area contributed by atoms with Crippen LogP contribution in [0.3, 0.4) is 0 Å². The van der Waals surface area contributed by atoms with Crippen LogP contribution in [0, 0.1) is 6.92 Å². The molecule has 7 nitrogen and oxygen atoms in total. The number of fused-ring (bicyclic) bond motifs is 3. The Morgan fingerprint density at radius 1 is 1.35 bits per heavy atom. The SMILES string of the molecule is CC(=O)C1=C(C)Oc2ncn3nc(C)nc3c2[C@H]1c1ccco1. The molecule has 0 spiro atoms. The van der Waals surface area contributed by atoms with Crippen LogP contribution in [-0.4, -0.2) is 25.4 Å². The molecule has 0 N–H and O–H groups in total. The third-order valence-corrected chi connectivity index (χ3v) is 3.91. The van der Waals surface area contributed by atoms with Gasteiger partial charge in [0.25, 0.3) is 0 Å². The highest BCUT2D eigenvalue weighted by Crippen LogP contribution is 2.44. The molecule has 0 unspecified atom stereocenters. The minimum atomic E-state index is -0.411. The van der Waals surface area contributed by atoms with Crippen LogP contribution < -0.4 is 4.74 Å². The highest BCUT2D eigenvalue weighted by Gasteiger charge is 2.37. The Morgan fingerprint density at radius 3 is 2.87 bits per heavy atom. The van der Waals surface area contributed by atoms with Crippen molar-refractivity contribution in [3.63, 3.8) is 0 Å². The standard InChI is InChI=1S/C16H14N4O3/c1-8(21)12-9(2)23-16-14(13(12)11-5-4-6-22-11)15-18-10(3)19-20(15)7-17-16/h4-7,13H,1-3H3/t13-/m0/s1. The number of furan rings is 1. The van der Waals surface area contributed by atoms with Crippen LogP contribution in [-0.2, 0) is 4.79 Å². The number of Topliss-reactive ketones (excluding diaryl/α,β-unsaturated/α-hetero) is 1. The summed E-state index contributed by atoms with van der Waals surface area (Å²) in [6.45, 7) is 5.08. The average Bonchev–Trinajstić information content (AvgIpc) is 3.13. The van der Waals surface area contributed by atoms with Crippen molar-refractivity contribution in [1.82, 2.24) is 19.6 Å². The lowest BCUT2D eigenvalue weighted by Gasteiger charge is -2.26. The second-order valence-corrected chi connectivity index (χ2v) is 5.47. The summed E-state index contributed by atoms with van der Waals surface area (Å²) in [5, 5.41) is 4.28. The fourth-order valence-corrected chi connectivity index (χ4v) is 3.04. The molecule has 1 atom stereocenters. The van der Waals surface area contributed by atoms with E-state index < -0.39 is 5.92 Å². The topological polar surface area (TPSA) is 82.5 Å². The van der Waals surface area contributed by atoms with Gasteiger partial charge < -0.3 is 9.15 Å². The molecule has 4 rings (SSSR count). The zero-order valence-corrected chi connectivity index (χ0v) is 12.9. The summed E-state index contributed by atoms with van der Waals surface area (Å²) >= 11 is 0. The van der Waals surface area contributed by atoms with Gasteiger partial charge in [-0.1, -0.05) is 0 Å². The molecule has 3 aromatic rings. The monoisotopic (exact) mass is 310 g/mol. The van der Waals surface area contributed by atoms with Crippen LogP contribution >= 0.6 is 0 Å². The fourth-order valence-electron chi connectivity index (χ4n) is 3.04. The van der Waals surface area contributed by atoms with Crippen LogP contribution in [0.4, 0.5) is 0 Å². The van der Waals surface area contributed by atoms with E-state index in [4.69, 9.17) is 9.15 Å². The summed E-state index contributed by atoms with van der Waals surface area (Å²) in [6.07, 6.45) is 3.14. The van der Waals surface area contributed by atoms with Gasteiger partial charge in [0.05, 0.1) is 17.7 Å². The predicted molar refractivity (Wildman–Crippen MR) is 80.1 cm³/mol. The number of aryl methyl sites for hydroxylation is 1. The van der Waals surface area contributed by atoms with E-state index >= 15 is 0 Å². The number of carbonyl (C=O) groups excluding carboxylic acids is 1. The van der Waals surface area contributed by atoms with Crippen LogP contribution in [0.2, 0.25) is 0 Å². The maximum absolute atomic E-state index is 12.2. The van der Waals surface area contributed by atoms with Gasteiger partial charge in [0, 0.05) is 5.57 Å².